The van der Waals surface area contributed by atoms with E-state index in [4.69, 9.17) is 9.15 Å². The van der Waals surface area contributed by atoms with Crippen molar-refractivity contribution in [2.45, 2.75) is 32.9 Å². The number of benzene rings is 1. The predicted octanol–water partition coefficient (Wildman–Crippen LogP) is 3.39. The molecule has 0 fully saturated rings. The summed E-state index contributed by atoms with van der Waals surface area (Å²) in [6.07, 6.45) is 2.78. The van der Waals surface area contributed by atoms with Gasteiger partial charge in [0.15, 0.2) is 0 Å². The van der Waals surface area contributed by atoms with Crippen molar-refractivity contribution in [3.05, 3.63) is 53.5 Å². The van der Waals surface area contributed by atoms with Crippen LogP contribution >= 0.6 is 0 Å². The number of hydrogen-bond donors (Lipinski definition) is 1. The van der Waals surface area contributed by atoms with E-state index in [9.17, 15) is 0 Å². The van der Waals surface area contributed by atoms with Gasteiger partial charge in [0.1, 0.15) is 11.5 Å². The number of likely N-dealkylation sites (N-methyl/N-ethyl adjacent to an activating group) is 1. The molecule has 1 unspecified atom stereocenters. The van der Waals surface area contributed by atoms with Crippen molar-refractivity contribution in [3.8, 4) is 5.75 Å². The van der Waals surface area contributed by atoms with Gasteiger partial charge in [-0.05, 0) is 42.4 Å². The Hall–Kier alpha value is -1.78. The average Bonchev–Trinajstić information content (AvgIpc) is 3.25. The molecular formula is C19H26N2O2. The molecule has 0 spiro atoms. The predicted molar refractivity (Wildman–Crippen MR) is 91.7 cm³/mol. The fourth-order valence-electron chi connectivity index (χ4n) is 3.26. The molecule has 4 nitrogen and oxygen atoms in total. The quantitative estimate of drug-likeness (QED) is 0.810. The molecule has 0 saturated heterocycles. The van der Waals surface area contributed by atoms with Gasteiger partial charge in [-0.15, -0.1) is 0 Å². The number of fused-ring (bicyclic) bond motifs is 1. The van der Waals surface area contributed by atoms with Crippen molar-refractivity contribution in [1.82, 2.24) is 10.2 Å². The molecule has 1 aliphatic rings. The summed E-state index contributed by atoms with van der Waals surface area (Å²) >= 11 is 0. The van der Waals surface area contributed by atoms with Crippen molar-refractivity contribution in [2.75, 3.05) is 26.2 Å². The highest BCUT2D eigenvalue weighted by atomic mass is 16.5. The molecule has 4 heteroatoms. The molecule has 124 valence electrons. The van der Waals surface area contributed by atoms with Crippen LogP contribution < -0.4 is 10.1 Å². The fourth-order valence-corrected chi connectivity index (χ4v) is 3.26. The van der Waals surface area contributed by atoms with E-state index in [1.807, 2.05) is 6.07 Å². The Morgan fingerprint density at radius 1 is 1.22 bits per heavy atom. The lowest BCUT2D eigenvalue weighted by atomic mass is 10.1. The first kappa shape index (κ1) is 16.1. The molecular weight excluding hydrogens is 288 g/mol. The van der Waals surface area contributed by atoms with Crippen LogP contribution in [0.25, 0.3) is 0 Å². The summed E-state index contributed by atoms with van der Waals surface area (Å²) in [6, 6.07) is 10.8. The van der Waals surface area contributed by atoms with Crippen LogP contribution in [0.5, 0.6) is 5.75 Å². The maximum Gasteiger partial charge on any atom is 0.122 e. The van der Waals surface area contributed by atoms with Gasteiger partial charge in [-0.25, -0.2) is 0 Å². The zero-order chi connectivity index (χ0) is 16.1. The molecule has 0 aliphatic carbocycles. The van der Waals surface area contributed by atoms with Gasteiger partial charge >= 0.3 is 0 Å². The van der Waals surface area contributed by atoms with Crippen LogP contribution in [0.3, 0.4) is 0 Å². The Morgan fingerprint density at radius 3 is 2.83 bits per heavy atom. The molecule has 0 amide bonds. The second-order valence-corrected chi connectivity index (χ2v) is 5.92. The van der Waals surface area contributed by atoms with Gasteiger partial charge in [-0.1, -0.05) is 26.0 Å². The molecule has 0 bridgehead atoms. The van der Waals surface area contributed by atoms with Crippen LogP contribution in [0.1, 0.15) is 36.8 Å². The third-order valence-corrected chi connectivity index (χ3v) is 4.55. The third kappa shape index (κ3) is 3.77. The first-order chi connectivity index (χ1) is 11.3. The normalized spacial score (nSPS) is 14.7. The first-order valence-electron chi connectivity index (χ1n) is 8.54. The van der Waals surface area contributed by atoms with Crippen LogP contribution in [0.4, 0.5) is 0 Å². The summed E-state index contributed by atoms with van der Waals surface area (Å²) in [6.45, 7) is 8.97. The van der Waals surface area contributed by atoms with Crippen LogP contribution in [-0.4, -0.2) is 31.1 Å². The lowest BCUT2D eigenvalue weighted by Crippen LogP contribution is -2.35. The minimum absolute atomic E-state index is 0.276. The van der Waals surface area contributed by atoms with E-state index in [-0.39, 0.29) is 6.04 Å². The number of nitrogens with zero attached hydrogens (tertiary/aromatic N) is 1. The minimum Gasteiger partial charge on any atom is -0.493 e. The summed E-state index contributed by atoms with van der Waals surface area (Å²) in [4.78, 5) is 2.42. The smallest absolute Gasteiger partial charge is 0.122 e. The Balaban J connectivity index is 1.60. The topological polar surface area (TPSA) is 37.6 Å². The van der Waals surface area contributed by atoms with Gasteiger partial charge in [0.05, 0.1) is 18.9 Å². The van der Waals surface area contributed by atoms with Crippen molar-refractivity contribution in [2.24, 2.45) is 0 Å². The average molecular weight is 314 g/mol. The van der Waals surface area contributed by atoms with Crippen LogP contribution in [0, 0.1) is 0 Å². The summed E-state index contributed by atoms with van der Waals surface area (Å²) in [7, 11) is 0. The van der Waals surface area contributed by atoms with Gasteiger partial charge in [-0.3, -0.25) is 4.90 Å². The minimum atomic E-state index is 0.276. The van der Waals surface area contributed by atoms with Crippen LogP contribution in [0.2, 0.25) is 0 Å². The molecule has 1 aromatic carbocycles. The fraction of sp³-hybridized carbons (Fsp3) is 0.474. The van der Waals surface area contributed by atoms with E-state index in [1.54, 1.807) is 6.26 Å². The molecule has 1 atom stereocenters. The molecule has 23 heavy (non-hydrogen) atoms. The molecule has 1 aliphatic heterocycles. The maximum atomic E-state index is 5.65. The molecule has 0 saturated carbocycles. The zero-order valence-corrected chi connectivity index (χ0v) is 14.0. The largest absolute Gasteiger partial charge is 0.493 e. The molecule has 2 aromatic rings. The summed E-state index contributed by atoms with van der Waals surface area (Å²) in [5.74, 6) is 2.08. The molecule has 1 aromatic heterocycles. The number of furan rings is 1. The van der Waals surface area contributed by atoms with Gasteiger partial charge < -0.3 is 14.5 Å². The number of hydrogen-bond acceptors (Lipinski definition) is 4. The second-order valence-electron chi connectivity index (χ2n) is 5.92. The highest BCUT2D eigenvalue weighted by Gasteiger charge is 2.20. The van der Waals surface area contributed by atoms with E-state index in [0.717, 1.165) is 50.7 Å². The van der Waals surface area contributed by atoms with Crippen molar-refractivity contribution in [1.29, 1.82) is 0 Å². The molecule has 3 rings (SSSR count). The Morgan fingerprint density at radius 2 is 2.09 bits per heavy atom. The third-order valence-electron chi connectivity index (χ3n) is 4.55. The highest BCUT2D eigenvalue weighted by molar-refractivity contribution is 5.39. The van der Waals surface area contributed by atoms with Crippen LogP contribution in [0.15, 0.2) is 41.0 Å². The Kier molecular flexibility index (Phi) is 5.36. The van der Waals surface area contributed by atoms with E-state index < -0.39 is 0 Å². The number of rotatable bonds is 8. The van der Waals surface area contributed by atoms with E-state index in [0.29, 0.717) is 0 Å². The van der Waals surface area contributed by atoms with Gasteiger partial charge in [0.25, 0.3) is 0 Å². The molecule has 2 heterocycles. The lowest BCUT2D eigenvalue weighted by Gasteiger charge is -2.28. The summed E-state index contributed by atoms with van der Waals surface area (Å²) in [5.41, 5.74) is 2.64. The zero-order valence-electron chi connectivity index (χ0n) is 14.0. The van der Waals surface area contributed by atoms with Crippen LogP contribution in [-0.2, 0) is 13.0 Å². The van der Waals surface area contributed by atoms with Crippen molar-refractivity contribution in [3.63, 3.8) is 0 Å². The van der Waals surface area contributed by atoms with Crippen molar-refractivity contribution < 1.29 is 9.15 Å². The van der Waals surface area contributed by atoms with E-state index >= 15 is 0 Å². The van der Waals surface area contributed by atoms with Gasteiger partial charge in [0.2, 0.25) is 0 Å². The SMILES string of the molecule is CCN(CC)C(CNCc1ccc2c(c1)CCO2)c1ccco1. The van der Waals surface area contributed by atoms with E-state index in [1.165, 1.54) is 11.1 Å². The molecule has 1 N–H and O–H groups in total. The first-order valence-corrected chi connectivity index (χ1v) is 8.54. The van der Waals surface area contributed by atoms with Crippen molar-refractivity contribution >= 4 is 0 Å². The molecule has 0 radical (unpaired) electrons. The van der Waals surface area contributed by atoms with Gasteiger partial charge in [-0.2, -0.15) is 0 Å². The highest BCUT2D eigenvalue weighted by Crippen LogP contribution is 2.26. The second kappa shape index (κ2) is 7.66. The summed E-state index contributed by atoms with van der Waals surface area (Å²) < 4.78 is 11.2. The van der Waals surface area contributed by atoms with Gasteiger partial charge in [0, 0.05) is 19.5 Å². The number of nitrogens with one attached hydrogen (secondary N) is 1. The summed E-state index contributed by atoms with van der Waals surface area (Å²) in [5, 5.41) is 3.59. The maximum absolute atomic E-state index is 5.65. The lowest BCUT2D eigenvalue weighted by molar-refractivity contribution is 0.188. The standard InChI is InChI=1S/C19H26N2O2/c1-3-21(4-2)17(19-6-5-10-22-19)14-20-13-15-7-8-18-16(12-15)9-11-23-18/h5-8,10,12,17,20H,3-4,9,11,13-14H2,1-2H3. The van der Waals surface area contributed by atoms with E-state index in [2.05, 4.69) is 48.3 Å². The number of ether oxygens (including phenoxy) is 1. The monoisotopic (exact) mass is 314 g/mol. The Labute approximate surface area is 138 Å². The Bertz CT molecular complexity index is 606.